The number of fused-ring (bicyclic) bond motifs is 1. The predicted molar refractivity (Wildman–Crippen MR) is 97.4 cm³/mol. The Morgan fingerprint density at radius 2 is 1.86 bits per heavy atom. The van der Waals surface area contributed by atoms with Gasteiger partial charge in [0, 0.05) is 10.9 Å². The SMILES string of the molecule is CC(NCCCc1ccc(N)s1)c1cccc2ccccc12. The first-order valence-corrected chi connectivity index (χ1v) is 8.61. The minimum Gasteiger partial charge on any atom is -0.391 e. The zero-order valence-electron chi connectivity index (χ0n) is 12.9. The lowest BCUT2D eigenvalue weighted by Gasteiger charge is -2.16. The fourth-order valence-electron chi connectivity index (χ4n) is 2.85. The van der Waals surface area contributed by atoms with Crippen LogP contribution in [0.2, 0.25) is 0 Å². The van der Waals surface area contributed by atoms with Crippen LogP contribution >= 0.6 is 11.3 Å². The van der Waals surface area contributed by atoms with Gasteiger partial charge >= 0.3 is 0 Å². The van der Waals surface area contributed by atoms with Gasteiger partial charge in [-0.25, -0.2) is 0 Å². The van der Waals surface area contributed by atoms with Crippen LogP contribution in [-0.2, 0) is 6.42 Å². The molecule has 3 aromatic rings. The zero-order chi connectivity index (χ0) is 15.4. The molecule has 0 saturated carbocycles. The fourth-order valence-corrected chi connectivity index (χ4v) is 3.67. The molecule has 3 heteroatoms. The van der Waals surface area contributed by atoms with Crippen molar-refractivity contribution >= 4 is 27.1 Å². The molecule has 1 atom stereocenters. The molecule has 0 saturated heterocycles. The number of thiophene rings is 1. The molecule has 0 aliphatic rings. The summed E-state index contributed by atoms with van der Waals surface area (Å²) in [4.78, 5) is 1.37. The lowest BCUT2D eigenvalue weighted by Crippen LogP contribution is -2.20. The molecule has 1 unspecified atom stereocenters. The van der Waals surface area contributed by atoms with Crippen LogP contribution < -0.4 is 11.1 Å². The molecular formula is C19H22N2S. The number of hydrogen-bond acceptors (Lipinski definition) is 3. The molecule has 22 heavy (non-hydrogen) atoms. The average molecular weight is 310 g/mol. The van der Waals surface area contributed by atoms with E-state index in [-0.39, 0.29) is 0 Å². The zero-order valence-corrected chi connectivity index (χ0v) is 13.7. The molecule has 2 nitrogen and oxygen atoms in total. The Bertz CT molecular complexity index is 743. The highest BCUT2D eigenvalue weighted by molar-refractivity contribution is 7.15. The molecule has 0 radical (unpaired) electrons. The highest BCUT2D eigenvalue weighted by Gasteiger charge is 2.08. The van der Waals surface area contributed by atoms with E-state index in [9.17, 15) is 0 Å². The summed E-state index contributed by atoms with van der Waals surface area (Å²) in [5, 5.41) is 7.20. The molecule has 0 aliphatic carbocycles. The van der Waals surface area contributed by atoms with Gasteiger partial charge in [0.05, 0.1) is 5.00 Å². The molecule has 1 heterocycles. The molecule has 1 aromatic heterocycles. The highest BCUT2D eigenvalue weighted by atomic mass is 32.1. The molecule has 0 amide bonds. The van der Waals surface area contributed by atoms with Crippen LogP contribution in [0.5, 0.6) is 0 Å². The van der Waals surface area contributed by atoms with E-state index in [2.05, 4.69) is 60.8 Å². The summed E-state index contributed by atoms with van der Waals surface area (Å²) < 4.78 is 0. The van der Waals surface area contributed by atoms with E-state index >= 15 is 0 Å². The molecule has 2 aromatic carbocycles. The minimum atomic E-state index is 0.361. The van der Waals surface area contributed by atoms with Gasteiger partial charge in [-0.1, -0.05) is 42.5 Å². The van der Waals surface area contributed by atoms with Gasteiger partial charge in [-0.3, -0.25) is 0 Å². The van der Waals surface area contributed by atoms with E-state index in [0.29, 0.717) is 6.04 Å². The Hall–Kier alpha value is -1.84. The van der Waals surface area contributed by atoms with Crippen molar-refractivity contribution in [1.29, 1.82) is 0 Å². The van der Waals surface area contributed by atoms with Crippen molar-refractivity contribution < 1.29 is 0 Å². The number of aryl methyl sites for hydroxylation is 1. The molecule has 0 aliphatic heterocycles. The van der Waals surface area contributed by atoms with Crippen LogP contribution in [0.15, 0.2) is 54.6 Å². The Morgan fingerprint density at radius 1 is 1.05 bits per heavy atom. The van der Waals surface area contributed by atoms with E-state index in [1.165, 1.54) is 21.2 Å². The molecule has 0 spiro atoms. The molecule has 0 fully saturated rings. The molecule has 0 bridgehead atoms. The van der Waals surface area contributed by atoms with Gasteiger partial charge in [0.2, 0.25) is 0 Å². The smallest absolute Gasteiger partial charge is 0.0859 e. The van der Waals surface area contributed by atoms with Crippen LogP contribution in [0.1, 0.15) is 29.8 Å². The summed E-state index contributed by atoms with van der Waals surface area (Å²) >= 11 is 1.69. The van der Waals surface area contributed by atoms with Gasteiger partial charge in [-0.05, 0) is 54.8 Å². The largest absolute Gasteiger partial charge is 0.391 e. The first-order chi connectivity index (χ1) is 10.7. The quantitative estimate of drug-likeness (QED) is 0.644. The standard InChI is InChI=1S/C19H22N2S/c1-14(21-13-5-8-16-11-12-19(20)22-16)17-10-4-7-15-6-2-3-9-18(15)17/h2-4,6-7,9-12,14,21H,5,8,13,20H2,1H3. The number of nitrogens with two attached hydrogens (primary N) is 1. The van der Waals surface area contributed by atoms with E-state index in [0.717, 1.165) is 24.4 Å². The van der Waals surface area contributed by atoms with Crippen LogP contribution in [-0.4, -0.2) is 6.54 Å². The van der Waals surface area contributed by atoms with Gasteiger partial charge in [0.15, 0.2) is 0 Å². The predicted octanol–water partition coefficient (Wildman–Crippen LogP) is 4.77. The third-order valence-corrected chi connectivity index (χ3v) is 5.00. The van der Waals surface area contributed by atoms with Gasteiger partial charge in [0.25, 0.3) is 0 Å². The van der Waals surface area contributed by atoms with Crippen molar-refractivity contribution in [2.75, 3.05) is 12.3 Å². The third-order valence-electron chi connectivity index (χ3n) is 4.02. The first-order valence-electron chi connectivity index (χ1n) is 7.79. The number of hydrogen-bond donors (Lipinski definition) is 2. The number of anilines is 1. The van der Waals surface area contributed by atoms with Gasteiger partial charge in [0.1, 0.15) is 0 Å². The van der Waals surface area contributed by atoms with Crippen molar-refractivity contribution in [1.82, 2.24) is 5.32 Å². The van der Waals surface area contributed by atoms with E-state index in [1.54, 1.807) is 11.3 Å². The van der Waals surface area contributed by atoms with Crippen LogP contribution in [0.4, 0.5) is 5.00 Å². The second-order valence-electron chi connectivity index (χ2n) is 5.65. The number of nitrogens with one attached hydrogen (secondary N) is 1. The maximum atomic E-state index is 5.76. The topological polar surface area (TPSA) is 38.0 Å². The van der Waals surface area contributed by atoms with Gasteiger partial charge in [-0.15, -0.1) is 11.3 Å². The first kappa shape index (κ1) is 15.1. The maximum absolute atomic E-state index is 5.76. The van der Waals surface area contributed by atoms with Crippen molar-refractivity contribution in [3.63, 3.8) is 0 Å². The normalized spacial score (nSPS) is 12.6. The highest BCUT2D eigenvalue weighted by Crippen LogP contribution is 2.24. The van der Waals surface area contributed by atoms with Crippen molar-refractivity contribution in [3.8, 4) is 0 Å². The van der Waals surface area contributed by atoms with Gasteiger partial charge < -0.3 is 11.1 Å². The average Bonchev–Trinajstić information content (AvgIpc) is 2.96. The van der Waals surface area contributed by atoms with Crippen LogP contribution in [0.25, 0.3) is 10.8 Å². The monoisotopic (exact) mass is 310 g/mol. The van der Waals surface area contributed by atoms with E-state index in [1.807, 2.05) is 6.07 Å². The van der Waals surface area contributed by atoms with Gasteiger partial charge in [-0.2, -0.15) is 0 Å². The summed E-state index contributed by atoms with van der Waals surface area (Å²) in [6.45, 7) is 3.26. The van der Waals surface area contributed by atoms with Crippen LogP contribution in [0.3, 0.4) is 0 Å². The summed E-state index contributed by atoms with van der Waals surface area (Å²) in [6, 6.07) is 19.6. The summed E-state index contributed by atoms with van der Waals surface area (Å²) in [5.41, 5.74) is 7.14. The van der Waals surface area contributed by atoms with E-state index in [4.69, 9.17) is 5.73 Å². The Morgan fingerprint density at radius 3 is 2.68 bits per heavy atom. The number of nitrogen functional groups attached to an aromatic ring is 1. The minimum absolute atomic E-state index is 0.361. The third kappa shape index (κ3) is 3.49. The summed E-state index contributed by atoms with van der Waals surface area (Å²) in [6.07, 6.45) is 2.23. The lowest BCUT2D eigenvalue weighted by atomic mass is 9.99. The Kier molecular flexibility index (Phi) is 4.76. The van der Waals surface area contributed by atoms with Crippen molar-refractivity contribution in [2.45, 2.75) is 25.8 Å². The number of rotatable bonds is 6. The summed E-state index contributed by atoms with van der Waals surface area (Å²) in [7, 11) is 0. The summed E-state index contributed by atoms with van der Waals surface area (Å²) in [5.74, 6) is 0. The number of benzene rings is 2. The van der Waals surface area contributed by atoms with Crippen molar-refractivity contribution in [3.05, 3.63) is 65.0 Å². The molecule has 114 valence electrons. The maximum Gasteiger partial charge on any atom is 0.0859 e. The molecule has 3 N–H and O–H groups in total. The second-order valence-corrected chi connectivity index (χ2v) is 6.85. The van der Waals surface area contributed by atoms with E-state index < -0.39 is 0 Å². The molecular weight excluding hydrogens is 288 g/mol. The Balaban J connectivity index is 1.58. The van der Waals surface area contributed by atoms with Crippen molar-refractivity contribution in [2.24, 2.45) is 0 Å². The van der Waals surface area contributed by atoms with Crippen LogP contribution in [0, 0.1) is 0 Å². The molecule has 3 rings (SSSR count). The second kappa shape index (κ2) is 6.95. The lowest BCUT2D eigenvalue weighted by molar-refractivity contribution is 0.562. The fraction of sp³-hybridized carbons (Fsp3) is 0.263. The Labute approximate surface area is 136 Å².